The van der Waals surface area contributed by atoms with E-state index in [0.29, 0.717) is 12.0 Å². The zero-order chi connectivity index (χ0) is 13.8. The Balaban J connectivity index is 2.09. The topological polar surface area (TPSA) is 69.7 Å². The lowest BCUT2D eigenvalue weighted by atomic mass is 9.65. The first-order chi connectivity index (χ1) is 8.99. The summed E-state index contributed by atoms with van der Waals surface area (Å²) in [4.78, 5) is 35.7. The molecule has 1 heterocycles. The highest BCUT2D eigenvalue weighted by atomic mass is 127. The van der Waals surface area contributed by atoms with E-state index in [-0.39, 0.29) is 24.1 Å². The minimum absolute atomic E-state index is 0.202. The number of hydrogen-bond acceptors (Lipinski definition) is 5. The third kappa shape index (κ3) is 1.62. The van der Waals surface area contributed by atoms with Crippen LogP contribution in [0.5, 0.6) is 0 Å². The molecule has 0 aromatic carbocycles. The summed E-state index contributed by atoms with van der Waals surface area (Å²) in [6.45, 7) is 0. The molecule has 1 fully saturated rings. The van der Waals surface area contributed by atoms with Crippen molar-refractivity contribution in [2.45, 2.75) is 18.4 Å². The molecule has 4 rings (SSSR count). The Labute approximate surface area is 123 Å². The van der Waals surface area contributed by atoms with Gasteiger partial charge in [0.1, 0.15) is 0 Å². The van der Waals surface area contributed by atoms with Gasteiger partial charge in [0.15, 0.2) is 11.4 Å². The van der Waals surface area contributed by atoms with E-state index in [4.69, 9.17) is 9.47 Å². The van der Waals surface area contributed by atoms with Crippen molar-refractivity contribution in [2.24, 2.45) is 11.8 Å². The summed E-state index contributed by atoms with van der Waals surface area (Å²) in [5.41, 5.74) is -0.739. The van der Waals surface area contributed by atoms with Gasteiger partial charge in [-0.1, -0.05) is 12.2 Å². The Morgan fingerprint density at radius 3 is 2.79 bits per heavy atom. The molecular formula is C13H11IO5. The van der Waals surface area contributed by atoms with Crippen LogP contribution in [-0.4, -0.2) is 30.4 Å². The Morgan fingerprint density at radius 1 is 1.47 bits per heavy atom. The molecule has 0 saturated carbocycles. The van der Waals surface area contributed by atoms with Crippen molar-refractivity contribution < 1.29 is 23.9 Å². The van der Waals surface area contributed by atoms with E-state index in [1.54, 1.807) is 12.2 Å². The van der Waals surface area contributed by atoms with E-state index in [9.17, 15) is 14.4 Å². The Bertz CT molecular complexity index is 561. The molecule has 0 aromatic heterocycles. The normalized spacial score (nSPS) is 36.1. The van der Waals surface area contributed by atoms with Gasteiger partial charge in [-0.3, -0.25) is 9.59 Å². The van der Waals surface area contributed by atoms with Gasteiger partial charge in [0.05, 0.1) is 18.9 Å². The molecule has 0 unspecified atom stereocenters. The van der Waals surface area contributed by atoms with E-state index in [1.807, 2.05) is 0 Å². The first kappa shape index (κ1) is 12.8. The second-order valence-electron chi connectivity index (χ2n) is 4.85. The van der Waals surface area contributed by atoms with Crippen molar-refractivity contribution in [1.82, 2.24) is 0 Å². The van der Waals surface area contributed by atoms with Crippen LogP contribution in [0, 0.1) is 11.8 Å². The van der Waals surface area contributed by atoms with Crippen LogP contribution in [0.15, 0.2) is 21.3 Å². The molecule has 1 aliphatic heterocycles. The van der Waals surface area contributed by atoms with Gasteiger partial charge in [-0.25, -0.2) is 4.79 Å². The minimum Gasteiger partial charge on any atom is -0.466 e. The van der Waals surface area contributed by atoms with Gasteiger partial charge in [-0.05, 0) is 26.2 Å². The second-order valence-corrected chi connectivity index (χ2v) is 6.09. The number of ether oxygens (including phenoxy) is 2. The summed E-state index contributed by atoms with van der Waals surface area (Å²) >= 11 is 2.13. The number of halogens is 1. The van der Waals surface area contributed by atoms with Crippen LogP contribution in [0.2, 0.25) is 0 Å². The molecule has 0 N–H and O–H groups in total. The lowest BCUT2D eigenvalue weighted by molar-refractivity contribution is -0.163. The molecule has 2 bridgehead atoms. The van der Waals surface area contributed by atoms with E-state index < -0.39 is 17.5 Å². The average molecular weight is 374 g/mol. The number of methoxy groups -OCH3 is 1. The number of hydrogen-bond donors (Lipinski definition) is 0. The van der Waals surface area contributed by atoms with Crippen LogP contribution in [-0.2, 0) is 23.9 Å². The Morgan fingerprint density at radius 2 is 2.21 bits per heavy atom. The fourth-order valence-corrected chi connectivity index (χ4v) is 4.05. The number of esters is 2. The largest absolute Gasteiger partial charge is 0.466 e. The molecule has 3 atom stereocenters. The van der Waals surface area contributed by atoms with Gasteiger partial charge in [0.2, 0.25) is 0 Å². The zero-order valence-corrected chi connectivity index (χ0v) is 12.3. The molecule has 1 saturated heterocycles. The molecule has 0 radical (unpaired) electrons. The molecule has 100 valence electrons. The quantitative estimate of drug-likeness (QED) is 0.512. The maximum atomic E-state index is 12.6. The fourth-order valence-electron chi connectivity index (χ4n) is 3.00. The second kappa shape index (κ2) is 4.16. The fraction of sp³-hybridized carbons (Fsp3) is 0.462. The third-order valence-corrected chi connectivity index (χ3v) is 4.95. The monoisotopic (exact) mass is 374 g/mol. The average Bonchev–Trinajstić information content (AvgIpc) is 2.77. The van der Waals surface area contributed by atoms with Crippen LogP contribution in [0.3, 0.4) is 0 Å². The lowest BCUT2D eigenvalue weighted by Crippen LogP contribution is -2.54. The first-order valence-electron chi connectivity index (χ1n) is 5.93. The summed E-state index contributed by atoms with van der Waals surface area (Å²) in [6, 6.07) is 0. The molecular weight excluding hydrogens is 363 g/mol. The van der Waals surface area contributed by atoms with Crippen LogP contribution >= 0.6 is 22.6 Å². The molecule has 1 spiro atoms. The van der Waals surface area contributed by atoms with Crippen molar-refractivity contribution in [3.63, 3.8) is 0 Å². The summed E-state index contributed by atoms with van der Waals surface area (Å²) in [5, 5.41) is 0. The van der Waals surface area contributed by atoms with Gasteiger partial charge in [0, 0.05) is 18.4 Å². The number of carbonyl (C=O) groups is 3. The standard InChI is InChI=1S/C13H11IO5/c1-18-12(17)7-4-8-9(14)5-6(7)11(16)13(8)3-2-10(15)19-13/h4-6,8H,2-3H2,1H3/t6-,8-,13-/m1/s1. The van der Waals surface area contributed by atoms with E-state index in [1.165, 1.54) is 7.11 Å². The van der Waals surface area contributed by atoms with Gasteiger partial charge >= 0.3 is 11.9 Å². The van der Waals surface area contributed by atoms with Gasteiger partial charge < -0.3 is 9.47 Å². The number of ketones is 1. The van der Waals surface area contributed by atoms with Gasteiger partial charge in [-0.15, -0.1) is 0 Å². The van der Waals surface area contributed by atoms with Crippen LogP contribution in [0.1, 0.15) is 12.8 Å². The summed E-state index contributed by atoms with van der Waals surface area (Å²) in [5.74, 6) is -2.06. The molecule has 0 amide bonds. The number of rotatable bonds is 1. The van der Waals surface area contributed by atoms with Crippen LogP contribution < -0.4 is 0 Å². The predicted molar refractivity (Wildman–Crippen MR) is 72.2 cm³/mol. The third-order valence-electron chi connectivity index (χ3n) is 3.92. The summed E-state index contributed by atoms with van der Waals surface area (Å²) in [6.07, 6.45) is 4.12. The molecule has 0 aromatic rings. The van der Waals surface area contributed by atoms with Crippen LogP contribution in [0.25, 0.3) is 0 Å². The number of Topliss-reactive ketones (excluding diaryl/α,β-unsaturated/α-hetero) is 1. The summed E-state index contributed by atoms with van der Waals surface area (Å²) < 4.78 is 11.0. The molecule has 19 heavy (non-hydrogen) atoms. The van der Waals surface area contributed by atoms with Crippen molar-refractivity contribution >= 4 is 40.3 Å². The SMILES string of the molecule is COC(=O)C1=C[C@@H]2C(I)=C[C@H]1C(=O)[C@@]21CCC(=O)O1. The van der Waals surface area contributed by atoms with Crippen LogP contribution in [0.4, 0.5) is 0 Å². The van der Waals surface area contributed by atoms with E-state index in [0.717, 1.165) is 3.58 Å². The predicted octanol–water partition coefficient (Wildman–Crippen LogP) is 1.31. The van der Waals surface area contributed by atoms with Crippen molar-refractivity contribution in [3.05, 3.63) is 21.3 Å². The maximum absolute atomic E-state index is 12.6. The van der Waals surface area contributed by atoms with Gasteiger partial charge in [0.25, 0.3) is 0 Å². The minimum atomic E-state index is -1.09. The van der Waals surface area contributed by atoms with Gasteiger partial charge in [-0.2, -0.15) is 0 Å². The highest BCUT2D eigenvalue weighted by Crippen LogP contribution is 2.52. The highest BCUT2D eigenvalue weighted by molar-refractivity contribution is 14.1. The van der Waals surface area contributed by atoms with Crippen molar-refractivity contribution in [1.29, 1.82) is 0 Å². The van der Waals surface area contributed by atoms with E-state index in [2.05, 4.69) is 22.6 Å². The molecule has 4 aliphatic rings. The Kier molecular flexibility index (Phi) is 2.81. The zero-order valence-electron chi connectivity index (χ0n) is 10.1. The van der Waals surface area contributed by atoms with Crippen molar-refractivity contribution in [3.8, 4) is 0 Å². The Hall–Kier alpha value is -1.18. The first-order valence-corrected chi connectivity index (χ1v) is 7.01. The summed E-state index contributed by atoms with van der Waals surface area (Å²) in [7, 11) is 1.29. The number of allylic oxidation sites excluding steroid dienone is 1. The van der Waals surface area contributed by atoms with Crippen molar-refractivity contribution in [2.75, 3.05) is 7.11 Å². The maximum Gasteiger partial charge on any atom is 0.334 e. The lowest BCUT2D eigenvalue weighted by Gasteiger charge is -2.43. The highest BCUT2D eigenvalue weighted by Gasteiger charge is 2.60. The molecule has 6 heteroatoms. The smallest absolute Gasteiger partial charge is 0.334 e. The molecule has 5 nitrogen and oxygen atoms in total. The molecule has 3 aliphatic carbocycles. The number of carbonyl (C=O) groups excluding carboxylic acids is 3. The van der Waals surface area contributed by atoms with E-state index >= 15 is 0 Å².